The van der Waals surface area contributed by atoms with Gasteiger partial charge in [0.1, 0.15) is 0 Å². The standard InChI is InChI=1S/2C4H7.C3H8N.CH.5V.7W/c2*1-4(2)3;1-3(2)4;;;;;;;;;;;;;/h2*4H,1-2H3;3-4H,1-2H3;1H;;;;;;;;;;;;/q4*-1;;;;;;;;;;;;. The van der Waals surface area contributed by atoms with Crippen LogP contribution in [0, 0.1) is 11.8 Å². The minimum absolute atomic E-state index is 0. The van der Waals surface area contributed by atoms with Gasteiger partial charge in [0, 0.05) is 21.1 Å². The first kappa shape index (κ1) is 58.3. The van der Waals surface area contributed by atoms with Gasteiger partial charge < -0.3 is 5.73 Å². The summed E-state index contributed by atoms with van der Waals surface area (Å²) in [5.74, 6) is 1.28. The van der Waals surface area contributed by atoms with Gasteiger partial charge in [0.05, 0.1) is 0 Å². The van der Waals surface area contributed by atoms with Gasteiger partial charge in [-0.1, -0.05) is 13.8 Å². The maximum atomic E-state index is 6.58. The van der Waals surface area contributed by atoms with Crippen molar-refractivity contribution in [2.75, 3.05) is 0 Å². The van der Waals surface area contributed by atoms with Crippen LogP contribution in [-0.2, 0) is 200 Å². The molecule has 0 aliphatic rings. The summed E-state index contributed by atoms with van der Waals surface area (Å²) in [6.45, 7) is 12.1. The van der Waals surface area contributed by atoms with E-state index in [1.54, 1.807) is 64.9 Å². The van der Waals surface area contributed by atoms with Crippen molar-refractivity contribution in [3.05, 3.63) is 5.73 Å². The SMILES string of the molecule is CC(C)[C-]=[V].CC(C)[C-]=[W].CC(C)[NH-].[CH-]=[W].[V]=[V].[V]=[V].[W].[W]=[W].[W]=[W]. The molecule has 13 heteroatoms. The van der Waals surface area contributed by atoms with Crippen LogP contribution in [0.15, 0.2) is 0 Å². The van der Waals surface area contributed by atoms with E-state index in [-0.39, 0.29) is 27.1 Å². The molecule has 0 amide bonds. The predicted molar refractivity (Wildman–Crippen MR) is 65.2 cm³/mol. The van der Waals surface area contributed by atoms with Crippen LogP contribution >= 0.6 is 0 Å². The van der Waals surface area contributed by atoms with Crippen LogP contribution in [0.1, 0.15) is 41.5 Å². The molecule has 0 rings (SSSR count). The monoisotopic (exact) mass is 1720 g/mol. The van der Waals surface area contributed by atoms with Crippen molar-refractivity contribution in [2.45, 2.75) is 47.6 Å². The van der Waals surface area contributed by atoms with Crippen LogP contribution in [0.25, 0.3) is 5.73 Å². The van der Waals surface area contributed by atoms with E-state index in [0.717, 1.165) is 19.4 Å². The summed E-state index contributed by atoms with van der Waals surface area (Å²) in [6, 6.07) is 0.0833. The second-order valence-corrected chi connectivity index (χ2v) is 4.96. The zero-order valence-corrected chi connectivity index (χ0v) is 42.4. The molecule has 25 heavy (non-hydrogen) atoms. The third-order valence-corrected chi connectivity index (χ3v) is 2.99. The summed E-state index contributed by atoms with van der Waals surface area (Å²) in [4.78, 5) is 4.58. The van der Waals surface area contributed by atoms with Crippen LogP contribution in [-0.4, -0.2) is 20.1 Å². The summed E-state index contributed by atoms with van der Waals surface area (Å²) in [7, 11) is 0. The molecular weight excluding hydrogens is 1700 g/mol. The Bertz CT molecular complexity index is 178. The Morgan fingerprint density at radius 3 is 0.840 bits per heavy atom. The molecule has 0 aromatic heterocycles. The molecule has 0 spiro atoms. The molecule has 0 fully saturated rings. The van der Waals surface area contributed by atoms with Gasteiger partial charge in [0.2, 0.25) is 0 Å². The van der Waals surface area contributed by atoms with E-state index in [9.17, 15) is 0 Å². The molecule has 147 valence electrons. The van der Waals surface area contributed by atoms with E-state index in [0.29, 0.717) is 11.8 Å². The average molecular weight is 1720 g/mol. The molecule has 0 aliphatic carbocycles. The fraction of sp³-hybridized carbons (Fsp3) is 0.750. The van der Waals surface area contributed by atoms with Crippen molar-refractivity contribution < 1.29 is 200 Å². The first-order chi connectivity index (χ1) is 11.3. The molecule has 0 aromatic rings. The van der Waals surface area contributed by atoms with E-state index in [1.165, 1.54) is 19.4 Å². The normalized spacial score (nSPS) is 5.48. The fourth-order valence-electron chi connectivity index (χ4n) is 0. The fourth-order valence-corrected chi connectivity index (χ4v) is 0. The molecule has 0 atom stereocenters. The molecule has 0 heterocycles. The van der Waals surface area contributed by atoms with Crippen molar-refractivity contribution in [1.29, 1.82) is 0 Å². The quantitative estimate of drug-likeness (QED) is 0.381. The Morgan fingerprint density at radius 1 is 0.760 bits per heavy atom. The Balaban J connectivity index is -0.0000000174. The molecule has 0 unspecified atom stereocenters. The molecule has 0 aromatic carbocycles. The van der Waals surface area contributed by atoms with Gasteiger partial charge in [-0.05, 0) is 0 Å². The van der Waals surface area contributed by atoms with Gasteiger partial charge in [-0.25, -0.2) is 0 Å². The third-order valence-electron chi connectivity index (χ3n) is 0.494. The number of nitrogens with one attached hydrogen (secondary N) is 1. The van der Waals surface area contributed by atoms with Crippen LogP contribution in [0.5, 0.6) is 0 Å². The van der Waals surface area contributed by atoms with E-state index in [1.807, 2.05) is 13.8 Å². The van der Waals surface area contributed by atoms with Crippen LogP contribution in [0.2, 0.25) is 0 Å². The molecule has 0 aliphatic heterocycles. The molecule has 0 bridgehead atoms. The molecule has 0 saturated carbocycles. The summed E-state index contributed by atoms with van der Waals surface area (Å²) in [5.41, 5.74) is 6.58. The van der Waals surface area contributed by atoms with Gasteiger partial charge in [-0.15, -0.1) is 6.04 Å². The molecule has 0 radical (unpaired) electrons. The van der Waals surface area contributed by atoms with E-state index < -0.39 is 0 Å². The van der Waals surface area contributed by atoms with Crippen molar-refractivity contribution in [3.63, 3.8) is 0 Å². The second kappa shape index (κ2) is 85.8. The van der Waals surface area contributed by atoms with Crippen LogP contribution < -0.4 is 0 Å². The van der Waals surface area contributed by atoms with Crippen molar-refractivity contribution in [2.24, 2.45) is 11.8 Å². The Labute approximate surface area is 273 Å². The maximum absolute atomic E-state index is 6.58. The molecule has 0 saturated heterocycles. The summed E-state index contributed by atoms with van der Waals surface area (Å²) < 4.78 is 6.08. The zero-order chi connectivity index (χ0) is 22.1. The topological polar surface area (TPSA) is 23.8 Å². The summed E-state index contributed by atoms with van der Waals surface area (Å²) in [6.07, 6.45) is 0. The first-order valence-electron chi connectivity index (χ1n) is 5.73. The zero-order valence-electron chi connectivity index (χ0n) is 14.9. The van der Waals surface area contributed by atoms with Gasteiger partial charge in [0.15, 0.2) is 0 Å². The van der Waals surface area contributed by atoms with Crippen LogP contribution in [0.3, 0.4) is 0 Å². The summed E-state index contributed by atoms with van der Waals surface area (Å²) >= 11 is 20.5. The third kappa shape index (κ3) is 210. The minimum atomic E-state index is 0. The average Bonchev–Trinajstić information content (AvgIpc) is 2.63. The van der Waals surface area contributed by atoms with Crippen molar-refractivity contribution in [3.8, 4) is 0 Å². The molecule has 1 N–H and O–H groups in total. The van der Waals surface area contributed by atoms with Gasteiger partial charge in [-0.2, -0.15) is 0 Å². The predicted octanol–water partition coefficient (Wildman–Crippen LogP) is 3.00. The second-order valence-electron chi connectivity index (χ2n) is 3.71. The van der Waals surface area contributed by atoms with E-state index in [2.05, 4.69) is 117 Å². The number of hydrogen-bond donors (Lipinski definition) is 0. The first-order valence-corrected chi connectivity index (χ1v) is 38.0. The van der Waals surface area contributed by atoms with Crippen molar-refractivity contribution in [1.82, 2.24) is 0 Å². The van der Waals surface area contributed by atoms with Crippen LogP contribution in [0.4, 0.5) is 0 Å². The molecule has 1 nitrogen and oxygen atoms in total. The summed E-state index contributed by atoms with van der Waals surface area (Å²) in [5, 5.41) is 0. The Hall–Kier alpha value is 7.31. The van der Waals surface area contributed by atoms with Gasteiger partial charge in [0.25, 0.3) is 0 Å². The van der Waals surface area contributed by atoms with Gasteiger partial charge in [-0.3, -0.25) is 0 Å². The number of hydrogen-bond acceptors (Lipinski definition) is 0. The molecular formula is C12H23NV5W7-4. The van der Waals surface area contributed by atoms with Gasteiger partial charge >= 0.3 is 233 Å². The van der Waals surface area contributed by atoms with Crippen molar-refractivity contribution >= 4 is 14.0 Å². The Kier molecular flexibility index (Phi) is 200. The number of rotatable bonds is 2. The van der Waals surface area contributed by atoms with E-state index in [4.69, 9.17) is 5.73 Å². The Morgan fingerprint density at radius 2 is 0.840 bits per heavy atom. The van der Waals surface area contributed by atoms with E-state index >= 15 is 0 Å².